The molecule has 7 nitrogen and oxygen atoms in total. The van der Waals surface area contributed by atoms with Crippen molar-refractivity contribution in [3.8, 4) is 5.75 Å². The summed E-state index contributed by atoms with van der Waals surface area (Å²) in [7, 11) is 1.69. The van der Waals surface area contributed by atoms with E-state index in [1.807, 2.05) is 18.3 Å². The molecule has 4 aromatic rings. The van der Waals surface area contributed by atoms with E-state index >= 15 is 0 Å². The van der Waals surface area contributed by atoms with Crippen LogP contribution < -0.4 is 4.74 Å². The van der Waals surface area contributed by atoms with Crippen LogP contribution in [0.2, 0.25) is 0 Å². The molecule has 0 spiro atoms. The lowest BCUT2D eigenvalue weighted by molar-refractivity contribution is 0.414. The predicted octanol–water partition coefficient (Wildman–Crippen LogP) is 4.64. The van der Waals surface area contributed by atoms with Gasteiger partial charge in [-0.05, 0) is 46.9 Å². The summed E-state index contributed by atoms with van der Waals surface area (Å²) in [6.45, 7) is 2.92. The van der Waals surface area contributed by atoms with Crippen molar-refractivity contribution in [2.45, 2.75) is 39.2 Å². The fraction of sp³-hybridized carbons (Fsp3) is 0.304. The number of aryl methyl sites for hydroxylation is 1. The molecule has 31 heavy (non-hydrogen) atoms. The highest BCUT2D eigenvalue weighted by molar-refractivity contribution is 7.10. The number of H-pyrrole nitrogens is 1. The molecule has 3 heterocycles. The number of aromatic nitrogens is 6. The third kappa shape index (κ3) is 5.27. The summed E-state index contributed by atoms with van der Waals surface area (Å²) in [5.74, 6) is 2.55. The van der Waals surface area contributed by atoms with Crippen LogP contribution in [0.25, 0.3) is 11.6 Å². The van der Waals surface area contributed by atoms with Gasteiger partial charge in [0.05, 0.1) is 19.0 Å². The van der Waals surface area contributed by atoms with E-state index in [0.717, 1.165) is 55.1 Å². The van der Waals surface area contributed by atoms with Crippen LogP contribution in [-0.2, 0) is 19.4 Å². The monoisotopic (exact) mass is 434 g/mol. The van der Waals surface area contributed by atoms with E-state index in [0.29, 0.717) is 5.82 Å². The van der Waals surface area contributed by atoms with E-state index in [4.69, 9.17) is 9.72 Å². The molecule has 0 aliphatic heterocycles. The quantitative estimate of drug-likeness (QED) is 0.393. The number of tetrazole rings is 1. The lowest BCUT2D eigenvalue weighted by Crippen LogP contribution is -2.08. The van der Waals surface area contributed by atoms with Gasteiger partial charge in [-0.3, -0.25) is 0 Å². The number of methoxy groups -OCH3 is 1. The van der Waals surface area contributed by atoms with Gasteiger partial charge in [-0.1, -0.05) is 31.5 Å². The summed E-state index contributed by atoms with van der Waals surface area (Å²) < 4.78 is 7.69. The average Bonchev–Trinajstić information content (AvgIpc) is 3.56. The Labute approximate surface area is 185 Å². The standard InChI is InChI=1S/C23H26N6OS/c1-3-4-10-22-24-15-19(29(22)16-17-7-5-8-20(12-17)30-2)13-18(23-25-27-28-26-23)14-21-9-6-11-31-21/h5-9,11-13,15H,3-4,10,14,16H2,1-2H3,(H,25,26,27,28). The Bertz CT molecular complexity index is 1120. The maximum absolute atomic E-state index is 5.41. The first kappa shape index (κ1) is 21.0. The van der Waals surface area contributed by atoms with Gasteiger partial charge >= 0.3 is 0 Å². The topological polar surface area (TPSA) is 81.5 Å². The van der Waals surface area contributed by atoms with Gasteiger partial charge in [-0.25, -0.2) is 4.98 Å². The summed E-state index contributed by atoms with van der Waals surface area (Å²) in [6, 6.07) is 12.4. The third-order valence-electron chi connectivity index (χ3n) is 5.10. The Morgan fingerprint density at radius 1 is 1.26 bits per heavy atom. The number of imidazole rings is 1. The highest BCUT2D eigenvalue weighted by Gasteiger charge is 2.14. The summed E-state index contributed by atoms with van der Waals surface area (Å²) in [5, 5.41) is 16.9. The second kappa shape index (κ2) is 10.2. The van der Waals surface area contributed by atoms with Gasteiger partial charge in [0.1, 0.15) is 11.6 Å². The van der Waals surface area contributed by atoms with Crippen LogP contribution in [0.1, 0.15) is 47.5 Å². The van der Waals surface area contributed by atoms with E-state index in [-0.39, 0.29) is 0 Å². The maximum atomic E-state index is 5.41. The van der Waals surface area contributed by atoms with Gasteiger partial charge < -0.3 is 9.30 Å². The van der Waals surface area contributed by atoms with Gasteiger partial charge in [0, 0.05) is 29.8 Å². The number of hydrogen-bond donors (Lipinski definition) is 1. The molecule has 0 bridgehead atoms. The molecule has 4 rings (SSSR count). The summed E-state index contributed by atoms with van der Waals surface area (Å²) in [5.41, 5.74) is 3.21. The van der Waals surface area contributed by atoms with Crippen molar-refractivity contribution in [3.63, 3.8) is 0 Å². The van der Waals surface area contributed by atoms with E-state index in [1.165, 1.54) is 10.4 Å². The minimum atomic E-state index is 0.609. The molecule has 3 aromatic heterocycles. The lowest BCUT2D eigenvalue weighted by atomic mass is 10.1. The lowest BCUT2D eigenvalue weighted by Gasteiger charge is -2.12. The number of ether oxygens (including phenoxy) is 1. The molecule has 0 aliphatic rings. The Morgan fingerprint density at radius 2 is 2.19 bits per heavy atom. The smallest absolute Gasteiger partial charge is 0.201 e. The number of hydrogen-bond acceptors (Lipinski definition) is 6. The van der Waals surface area contributed by atoms with Gasteiger partial charge in [0.2, 0.25) is 5.82 Å². The van der Waals surface area contributed by atoms with Crippen LogP contribution in [0.3, 0.4) is 0 Å². The molecule has 0 fully saturated rings. The average molecular weight is 435 g/mol. The summed E-state index contributed by atoms with van der Waals surface area (Å²) in [6.07, 6.45) is 7.99. The van der Waals surface area contributed by atoms with Crippen LogP contribution >= 0.6 is 11.3 Å². The first-order valence-corrected chi connectivity index (χ1v) is 11.3. The number of aromatic amines is 1. The Hall–Kier alpha value is -3.26. The van der Waals surface area contributed by atoms with Crippen LogP contribution in [0.4, 0.5) is 0 Å². The number of allylic oxidation sites excluding steroid dienone is 1. The highest BCUT2D eigenvalue weighted by Crippen LogP contribution is 2.24. The first-order chi connectivity index (χ1) is 15.3. The number of thiophene rings is 1. The number of rotatable bonds is 10. The van der Waals surface area contributed by atoms with Crippen molar-refractivity contribution in [3.05, 3.63) is 75.8 Å². The minimum absolute atomic E-state index is 0.609. The number of unbranched alkanes of at least 4 members (excludes halogenated alkanes) is 1. The van der Waals surface area contributed by atoms with E-state index < -0.39 is 0 Å². The van der Waals surface area contributed by atoms with Crippen molar-refractivity contribution in [1.29, 1.82) is 0 Å². The summed E-state index contributed by atoms with van der Waals surface area (Å²) in [4.78, 5) is 6.00. The number of nitrogens with one attached hydrogen (secondary N) is 1. The molecular weight excluding hydrogens is 408 g/mol. The molecule has 0 saturated carbocycles. The molecule has 0 amide bonds. The van der Waals surface area contributed by atoms with Crippen LogP contribution in [0.15, 0.2) is 48.0 Å². The molecule has 0 atom stereocenters. The van der Waals surface area contributed by atoms with E-state index in [9.17, 15) is 0 Å². The largest absolute Gasteiger partial charge is 0.497 e. The molecule has 1 aromatic carbocycles. The molecular formula is C23H26N6OS. The van der Waals surface area contributed by atoms with Crippen molar-refractivity contribution in [1.82, 2.24) is 30.2 Å². The van der Waals surface area contributed by atoms with Crippen molar-refractivity contribution in [2.75, 3.05) is 7.11 Å². The van der Waals surface area contributed by atoms with E-state index in [2.05, 4.69) is 67.8 Å². The predicted molar refractivity (Wildman–Crippen MR) is 123 cm³/mol. The fourth-order valence-electron chi connectivity index (χ4n) is 3.49. The van der Waals surface area contributed by atoms with Crippen molar-refractivity contribution < 1.29 is 4.74 Å². The SMILES string of the molecule is CCCCc1ncc(C=C(Cc2cccs2)c2nn[nH]n2)n1Cc1cccc(OC)c1. The zero-order valence-corrected chi connectivity index (χ0v) is 18.6. The maximum Gasteiger partial charge on any atom is 0.201 e. The molecule has 1 N–H and O–H groups in total. The Morgan fingerprint density at radius 3 is 2.94 bits per heavy atom. The molecule has 0 aliphatic carbocycles. The third-order valence-corrected chi connectivity index (χ3v) is 5.97. The minimum Gasteiger partial charge on any atom is -0.497 e. The molecule has 160 valence electrons. The second-order valence-electron chi connectivity index (χ2n) is 7.30. The molecule has 0 unspecified atom stereocenters. The fourth-order valence-corrected chi connectivity index (χ4v) is 4.21. The Kier molecular flexibility index (Phi) is 6.89. The molecule has 0 radical (unpaired) electrons. The number of benzene rings is 1. The molecule has 8 heteroatoms. The van der Waals surface area contributed by atoms with Gasteiger partial charge in [-0.2, -0.15) is 5.21 Å². The van der Waals surface area contributed by atoms with Crippen LogP contribution in [-0.4, -0.2) is 37.3 Å². The zero-order chi connectivity index (χ0) is 21.5. The van der Waals surface area contributed by atoms with Crippen LogP contribution in [0, 0.1) is 0 Å². The van der Waals surface area contributed by atoms with Crippen molar-refractivity contribution >= 4 is 23.0 Å². The summed E-state index contributed by atoms with van der Waals surface area (Å²) >= 11 is 1.72. The Balaban J connectivity index is 1.72. The second-order valence-corrected chi connectivity index (χ2v) is 8.33. The zero-order valence-electron chi connectivity index (χ0n) is 17.8. The number of nitrogens with zero attached hydrogens (tertiary/aromatic N) is 5. The van der Waals surface area contributed by atoms with E-state index in [1.54, 1.807) is 18.4 Å². The van der Waals surface area contributed by atoms with Crippen molar-refractivity contribution in [2.24, 2.45) is 0 Å². The highest BCUT2D eigenvalue weighted by atomic mass is 32.1. The van der Waals surface area contributed by atoms with Gasteiger partial charge in [0.15, 0.2) is 0 Å². The first-order valence-electron chi connectivity index (χ1n) is 10.4. The van der Waals surface area contributed by atoms with Crippen LogP contribution in [0.5, 0.6) is 5.75 Å². The van der Waals surface area contributed by atoms with Gasteiger partial charge in [0.25, 0.3) is 0 Å². The molecule has 0 saturated heterocycles. The normalized spacial score (nSPS) is 11.7. The van der Waals surface area contributed by atoms with Gasteiger partial charge in [-0.15, -0.1) is 21.5 Å².